The Morgan fingerprint density at radius 2 is 2.00 bits per heavy atom. The number of nitrogen functional groups attached to an aromatic ring is 1. The largest absolute Gasteiger partial charge is 0.493 e. The highest BCUT2D eigenvalue weighted by molar-refractivity contribution is 14.1. The molecule has 0 aliphatic carbocycles. The molecule has 0 unspecified atom stereocenters. The van der Waals surface area contributed by atoms with Gasteiger partial charge >= 0.3 is 0 Å². The van der Waals surface area contributed by atoms with Crippen molar-refractivity contribution in [2.24, 2.45) is 0 Å². The van der Waals surface area contributed by atoms with E-state index in [4.69, 9.17) is 26.8 Å². The molecule has 0 bridgehead atoms. The van der Waals surface area contributed by atoms with Gasteiger partial charge in [0, 0.05) is 11.8 Å². The van der Waals surface area contributed by atoms with Crippen LogP contribution in [-0.4, -0.2) is 24.2 Å². The molecule has 0 saturated carbocycles. The molecule has 1 aromatic carbocycles. The minimum Gasteiger partial charge on any atom is -0.493 e. The summed E-state index contributed by atoms with van der Waals surface area (Å²) in [7, 11) is 3.07. The molecule has 1 aromatic heterocycles. The zero-order chi connectivity index (χ0) is 14.0. The molecule has 0 atom stereocenters. The van der Waals surface area contributed by atoms with Crippen molar-refractivity contribution < 1.29 is 9.47 Å². The van der Waals surface area contributed by atoms with Gasteiger partial charge in [0.05, 0.1) is 22.8 Å². The van der Waals surface area contributed by atoms with Crippen LogP contribution in [0.5, 0.6) is 11.5 Å². The van der Waals surface area contributed by atoms with Gasteiger partial charge in [-0.1, -0.05) is 11.6 Å². The fourth-order valence-corrected chi connectivity index (χ4v) is 2.11. The molecular formula is C12H11ClIN3O2. The van der Waals surface area contributed by atoms with Gasteiger partial charge in [-0.2, -0.15) is 0 Å². The number of aromatic nitrogens is 2. The number of hydrogen-bond donors (Lipinski definition) is 1. The molecule has 0 saturated heterocycles. The Hall–Kier alpha value is -1.28. The lowest BCUT2D eigenvalue weighted by molar-refractivity contribution is 0.355. The minimum absolute atomic E-state index is 0.427. The molecule has 0 spiro atoms. The Balaban J connectivity index is 2.56. The standard InChI is InChI=1S/C12H11ClIN3O2/c1-18-9-4-6(3-7(13)10(9)19-2)12-16-5-8(14)11(15)17-12/h3-5H,1-2H3,(H2,15,16,17). The van der Waals surface area contributed by atoms with Gasteiger partial charge in [-0.25, -0.2) is 9.97 Å². The van der Waals surface area contributed by atoms with Crippen LogP contribution in [0.25, 0.3) is 11.4 Å². The van der Waals surface area contributed by atoms with Crippen molar-refractivity contribution >= 4 is 40.0 Å². The minimum atomic E-state index is 0.427. The lowest BCUT2D eigenvalue weighted by Crippen LogP contribution is -1.99. The third-order valence-corrected chi connectivity index (χ3v) is 3.57. The van der Waals surface area contributed by atoms with Crippen LogP contribution in [0.4, 0.5) is 5.82 Å². The molecule has 2 N–H and O–H groups in total. The maximum Gasteiger partial charge on any atom is 0.179 e. The zero-order valence-corrected chi connectivity index (χ0v) is 13.2. The predicted octanol–water partition coefficient (Wildman–Crippen LogP) is 3.00. The number of benzene rings is 1. The highest BCUT2D eigenvalue weighted by Crippen LogP contribution is 2.38. The van der Waals surface area contributed by atoms with Gasteiger partial charge in [0.25, 0.3) is 0 Å². The van der Waals surface area contributed by atoms with Crippen molar-refractivity contribution in [3.8, 4) is 22.9 Å². The van der Waals surface area contributed by atoms with E-state index < -0.39 is 0 Å². The Bertz CT molecular complexity index is 622. The number of nitrogens with two attached hydrogens (primary N) is 1. The summed E-state index contributed by atoms with van der Waals surface area (Å²) in [6.07, 6.45) is 1.66. The fraction of sp³-hybridized carbons (Fsp3) is 0.167. The highest BCUT2D eigenvalue weighted by atomic mass is 127. The van der Waals surface area contributed by atoms with Crippen molar-refractivity contribution in [2.45, 2.75) is 0 Å². The van der Waals surface area contributed by atoms with E-state index in [-0.39, 0.29) is 0 Å². The van der Waals surface area contributed by atoms with Gasteiger partial charge in [0.1, 0.15) is 5.82 Å². The lowest BCUT2D eigenvalue weighted by atomic mass is 10.2. The van der Waals surface area contributed by atoms with Crippen LogP contribution >= 0.6 is 34.2 Å². The first-order valence-electron chi connectivity index (χ1n) is 5.26. The molecule has 0 radical (unpaired) electrons. The normalized spacial score (nSPS) is 10.3. The number of rotatable bonds is 3. The Morgan fingerprint density at radius 1 is 1.26 bits per heavy atom. The number of ether oxygens (including phenoxy) is 2. The average Bonchev–Trinajstić information content (AvgIpc) is 2.40. The first-order chi connectivity index (χ1) is 9.06. The summed E-state index contributed by atoms with van der Waals surface area (Å²) in [6.45, 7) is 0. The lowest BCUT2D eigenvalue weighted by Gasteiger charge is -2.11. The predicted molar refractivity (Wildman–Crippen MR) is 82.7 cm³/mol. The summed E-state index contributed by atoms with van der Waals surface area (Å²) in [4.78, 5) is 8.45. The van der Waals surface area contributed by atoms with E-state index >= 15 is 0 Å². The molecule has 2 rings (SSSR count). The number of nitrogens with zero attached hydrogens (tertiary/aromatic N) is 2. The van der Waals surface area contributed by atoms with Crippen molar-refractivity contribution in [1.82, 2.24) is 9.97 Å². The van der Waals surface area contributed by atoms with Gasteiger partial charge in [-0.05, 0) is 34.7 Å². The molecule has 19 heavy (non-hydrogen) atoms. The molecule has 0 aliphatic heterocycles. The van der Waals surface area contributed by atoms with Gasteiger partial charge in [0.2, 0.25) is 0 Å². The second-order valence-corrected chi connectivity index (χ2v) is 5.19. The van der Waals surface area contributed by atoms with Crippen LogP contribution in [0.2, 0.25) is 5.02 Å². The Morgan fingerprint density at radius 3 is 2.58 bits per heavy atom. The van der Waals surface area contributed by atoms with Gasteiger partial charge in [0.15, 0.2) is 17.3 Å². The highest BCUT2D eigenvalue weighted by Gasteiger charge is 2.14. The van der Waals surface area contributed by atoms with Crippen LogP contribution < -0.4 is 15.2 Å². The summed E-state index contributed by atoms with van der Waals surface area (Å²) in [5.41, 5.74) is 6.49. The van der Waals surface area contributed by atoms with E-state index in [1.165, 1.54) is 7.11 Å². The molecule has 2 aromatic rings. The van der Waals surface area contributed by atoms with E-state index in [0.29, 0.717) is 33.7 Å². The van der Waals surface area contributed by atoms with Crippen LogP contribution in [0.15, 0.2) is 18.3 Å². The second-order valence-electron chi connectivity index (χ2n) is 3.62. The first kappa shape index (κ1) is 14.1. The Kier molecular flexibility index (Phi) is 4.31. The number of methoxy groups -OCH3 is 2. The maximum atomic E-state index is 6.14. The summed E-state index contributed by atoms with van der Waals surface area (Å²) < 4.78 is 11.2. The molecule has 5 nitrogen and oxygen atoms in total. The molecule has 0 amide bonds. The van der Waals surface area contributed by atoms with E-state index in [1.807, 2.05) is 0 Å². The average molecular weight is 392 g/mol. The molecule has 0 fully saturated rings. The third-order valence-electron chi connectivity index (χ3n) is 2.46. The van der Waals surface area contributed by atoms with Crippen molar-refractivity contribution in [1.29, 1.82) is 0 Å². The van der Waals surface area contributed by atoms with Crippen LogP contribution in [0, 0.1) is 3.57 Å². The van der Waals surface area contributed by atoms with E-state index in [0.717, 1.165) is 3.57 Å². The van der Waals surface area contributed by atoms with Crippen LogP contribution in [0.1, 0.15) is 0 Å². The summed E-state index contributed by atoms with van der Waals surface area (Å²) in [5, 5.41) is 0.428. The van der Waals surface area contributed by atoms with Gasteiger partial charge in [-0.3, -0.25) is 0 Å². The molecule has 100 valence electrons. The van der Waals surface area contributed by atoms with Crippen LogP contribution in [-0.2, 0) is 0 Å². The van der Waals surface area contributed by atoms with Crippen LogP contribution in [0.3, 0.4) is 0 Å². The number of anilines is 1. The summed E-state index contributed by atoms with van der Waals surface area (Å²) in [5.74, 6) is 1.91. The van der Waals surface area contributed by atoms with E-state index in [2.05, 4.69) is 32.6 Å². The van der Waals surface area contributed by atoms with Crippen molar-refractivity contribution in [3.63, 3.8) is 0 Å². The van der Waals surface area contributed by atoms with Crippen molar-refractivity contribution in [3.05, 3.63) is 26.9 Å². The molecule has 0 aliphatic rings. The third kappa shape index (κ3) is 2.84. The number of halogens is 2. The maximum absolute atomic E-state index is 6.14. The molecular weight excluding hydrogens is 381 g/mol. The monoisotopic (exact) mass is 391 g/mol. The summed E-state index contributed by atoms with van der Waals surface area (Å²) >= 11 is 8.21. The van der Waals surface area contributed by atoms with E-state index in [1.54, 1.807) is 25.4 Å². The van der Waals surface area contributed by atoms with E-state index in [9.17, 15) is 0 Å². The smallest absolute Gasteiger partial charge is 0.179 e. The number of hydrogen-bond acceptors (Lipinski definition) is 5. The topological polar surface area (TPSA) is 70.3 Å². The quantitative estimate of drug-likeness (QED) is 0.815. The molecule has 7 heteroatoms. The summed E-state index contributed by atoms with van der Waals surface area (Å²) in [6, 6.07) is 3.47. The second kappa shape index (κ2) is 5.79. The Labute approximate surface area is 129 Å². The van der Waals surface area contributed by atoms with Gasteiger partial charge < -0.3 is 15.2 Å². The van der Waals surface area contributed by atoms with Gasteiger partial charge in [-0.15, -0.1) is 0 Å². The first-order valence-corrected chi connectivity index (χ1v) is 6.72. The van der Waals surface area contributed by atoms with Crippen molar-refractivity contribution in [2.75, 3.05) is 20.0 Å². The fourth-order valence-electron chi connectivity index (χ4n) is 1.57. The molecule has 1 heterocycles. The zero-order valence-electron chi connectivity index (χ0n) is 10.3. The SMILES string of the molecule is COc1cc(-c2ncc(I)c(N)n2)cc(Cl)c1OC.